The predicted molar refractivity (Wildman–Crippen MR) is 126 cm³/mol. The van der Waals surface area contributed by atoms with Crippen molar-refractivity contribution < 1.29 is 19.1 Å². The van der Waals surface area contributed by atoms with Crippen molar-refractivity contribution in [2.24, 2.45) is 5.16 Å². The first-order valence-electron chi connectivity index (χ1n) is 9.44. The largest absolute Gasteiger partial charge is 0.494 e. The van der Waals surface area contributed by atoms with E-state index in [1.54, 1.807) is 19.1 Å². The number of para-hydroxylation sites is 1. The fourth-order valence-corrected chi connectivity index (χ4v) is 2.98. The number of halogens is 3. The molecule has 1 amide bonds. The Kier molecular flexibility index (Phi) is 10.5. The van der Waals surface area contributed by atoms with Crippen molar-refractivity contribution >= 4 is 52.1 Å². The highest BCUT2D eigenvalue weighted by Crippen LogP contribution is 2.34. The standard InChI is InChI=1S/C22H23Cl3N2O4/c1-15(27-31-11-6-9-21(28)26-16-7-4-3-5-8-16)18-13-17(30-12-10-20(24)25)14-19(23)22(18)29-2/h3-5,7-8,10,13-14H,6,9,11-12H2,1-2H3,(H,26,28)/b27-15-. The maximum atomic E-state index is 11.9. The highest BCUT2D eigenvalue weighted by Gasteiger charge is 2.14. The Labute approximate surface area is 196 Å². The van der Waals surface area contributed by atoms with Crippen LogP contribution >= 0.6 is 34.8 Å². The van der Waals surface area contributed by atoms with E-state index in [0.717, 1.165) is 5.69 Å². The lowest BCUT2D eigenvalue weighted by Gasteiger charge is -2.13. The summed E-state index contributed by atoms with van der Waals surface area (Å²) in [5.41, 5.74) is 1.92. The Bertz CT molecular complexity index is 930. The molecule has 0 aliphatic rings. The molecular weight excluding hydrogens is 463 g/mol. The van der Waals surface area contributed by atoms with Gasteiger partial charge in [-0.15, -0.1) is 0 Å². The number of methoxy groups -OCH3 is 1. The van der Waals surface area contributed by atoms with Crippen LogP contribution in [-0.4, -0.2) is 31.9 Å². The van der Waals surface area contributed by atoms with Gasteiger partial charge in [-0.05, 0) is 37.6 Å². The highest BCUT2D eigenvalue weighted by molar-refractivity contribution is 6.55. The van der Waals surface area contributed by atoms with E-state index < -0.39 is 0 Å². The summed E-state index contributed by atoms with van der Waals surface area (Å²) in [6, 6.07) is 12.6. The Hall–Kier alpha value is -2.41. The number of anilines is 1. The lowest BCUT2D eigenvalue weighted by molar-refractivity contribution is -0.116. The molecule has 0 aliphatic carbocycles. The topological polar surface area (TPSA) is 69.1 Å². The first-order valence-corrected chi connectivity index (χ1v) is 10.6. The van der Waals surface area contributed by atoms with Gasteiger partial charge in [0, 0.05) is 23.7 Å². The quantitative estimate of drug-likeness (QED) is 0.233. The maximum Gasteiger partial charge on any atom is 0.224 e. The van der Waals surface area contributed by atoms with Crippen LogP contribution in [-0.2, 0) is 9.63 Å². The van der Waals surface area contributed by atoms with E-state index >= 15 is 0 Å². The van der Waals surface area contributed by atoms with Crippen LogP contribution in [0.5, 0.6) is 11.5 Å². The van der Waals surface area contributed by atoms with E-state index in [1.165, 1.54) is 13.2 Å². The van der Waals surface area contributed by atoms with Crippen molar-refractivity contribution in [2.45, 2.75) is 19.8 Å². The van der Waals surface area contributed by atoms with Crippen molar-refractivity contribution in [3.8, 4) is 11.5 Å². The Morgan fingerprint density at radius 3 is 2.61 bits per heavy atom. The third-order valence-electron chi connectivity index (χ3n) is 4.00. The second kappa shape index (κ2) is 13.1. The number of benzene rings is 2. The van der Waals surface area contributed by atoms with Crippen LogP contribution in [0.1, 0.15) is 25.3 Å². The summed E-state index contributed by atoms with van der Waals surface area (Å²) < 4.78 is 11.1. The average molecular weight is 486 g/mol. The molecule has 166 valence electrons. The number of oxime groups is 1. The predicted octanol–water partition coefficient (Wildman–Crippen LogP) is 6.21. The molecule has 6 nitrogen and oxygen atoms in total. The van der Waals surface area contributed by atoms with Crippen LogP contribution in [0.4, 0.5) is 5.69 Å². The molecule has 31 heavy (non-hydrogen) atoms. The van der Waals surface area contributed by atoms with Crippen LogP contribution in [0.25, 0.3) is 0 Å². The van der Waals surface area contributed by atoms with Gasteiger partial charge in [0.1, 0.15) is 29.2 Å². The van der Waals surface area contributed by atoms with Crippen LogP contribution in [0.15, 0.2) is 58.2 Å². The van der Waals surface area contributed by atoms with E-state index in [9.17, 15) is 4.79 Å². The molecular formula is C22H23Cl3N2O4. The molecule has 2 aromatic rings. The van der Waals surface area contributed by atoms with Gasteiger partial charge < -0.3 is 19.6 Å². The molecule has 9 heteroatoms. The maximum absolute atomic E-state index is 11.9. The minimum absolute atomic E-state index is 0.0834. The molecule has 0 saturated heterocycles. The number of nitrogens with one attached hydrogen (secondary N) is 1. The number of carbonyl (C=O) groups is 1. The van der Waals surface area contributed by atoms with Crippen molar-refractivity contribution in [1.29, 1.82) is 0 Å². The number of carbonyl (C=O) groups excluding carboxylic acids is 1. The van der Waals surface area contributed by atoms with Crippen molar-refractivity contribution in [1.82, 2.24) is 0 Å². The number of hydrogen-bond acceptors (Lipinski definition) is 5. The summed E-state index contributed by atoms with van der Waals surface area (Å²) in [6.07, 6.45) is 2.35. The first-order chi connectivity index (χ1) is 14.9. The fourth-order valence-electron chi connectivity index (χ4n) is 2.56. The van der Waals surface area contributed by atoms with Crippen LogP contribution in [0.2, 0.25) is 5.02 Å². The van der Waals surface area contributed by atoms with Gasteiger partial charge in [0.05, 0.1) is 17.8 Å². The van der Waals surface area contributed by atoms with E-state index in [0.29, 0.717) is 40.6 Å². The van der Waals surface area contributed by atoms with Gasteiger partial charge in [-0.2, -0.15) is 0 Å². The molecule has 0 bridgehead atoms. The number of amides is 1. The summed E-state index contributed by atoms with van der Waals surface area (Å²) in [5.74, 6) is 0.866. The Balaban J connectivity index is 1.91. The lowest BCUT2D eigenvalue weighted by Crippen LogP contribution is -2.12. The molecule has 0 spiro atoms. The molecule has 0 fully saturated rings. The summed E-state index contributed by atoms with van der Waals surface area (Å²) in [6.45, 7) is 2.22. The molecule has 0 radical (unpaired) electrons. The summed E-state index contributed by atoms with van der Waals surface area (Å²) in [5, 5.41) is 7.30. The molecule has 0 saturated carbocycles. The third-order valence-corrected chi connectivity index (χ3v) is 4.59. The van der Waals surface area contributed by atoms with Gasteiger partial charge in [0.25, 0.3) is 0 Å². The van der Waals surface area contributed by atoms with Crippen LogP contribution in [0.3, 0.4) is 0 Å². The zero-order chi connectivity index (χ0) is 22.6. The molecule has 0 heterocycles. The van der Waals surface area contributed by atoms with Crippen molar-refractivity contribution in [3.05, 3.63) is 63.6 Å². The summed E-state index contributed by atoms with van der Waals surface area (Å²) >= 11 is 17.5. The molecule has 2 rings (SSSR count). The van der Waals surface area contributed by atoms with Gasteiger partial charge in [-0.25, -0.2) is 0 Å². The smallest absolute Gasteiger partial charge is 0.224 e. The average Bonchev–Trinajstić information content (AvgIpc) is 2.73. The van der Waals surface area contributed by atoms with Gasteiger partial charge in [-0.1, -0.05) is 58.2 Å². The highest BCUT2D eigenvalue weighted by atomic mass is 35.5. The number of hydrogen-bond donors (Lipinski definition) is 1. The molecule has 0 unspecified atom stereocenters. The van der Waals surface area contributed by atoms with Crippen molar-refractivity contribution in [2.75, 3.05) is 25.6 Å². The lowest BCUT2D eigenvalue weighted by atomic mass is 10.1. The van der Waals surface area contributed by atoms with Gasteiger partial charge in [0.2, 0.25) is 5.91 Å². The van der Waals surface area contributed by atoms with Crippen LogP contribution in [0, 0.1) is 0 Å². The van der Waals surface area contributed by atoms with E-state index in [1.807, 2.05) is 30.3 Å². The Morgan fingerprint density at radius 1 is 1.19 bits per heavy atom. The first kappa shape index (κ1) is 24.9. The summed E-state index contributed by atoms with van der Waals surface area (Å²) in [7, 11) is 1.51. The van der Waals surface area contributed by atoms with E-state index in [4.69, 9.17) is 49.1 Å². The minimum Gasteiger partial charge on any atom is -0.494 e. The third kappa shape index (κ3) is 8.69. The zero-order valence-electron chi connectivity index (χ0n) is 17.2. The van der Waals surface area contributed by atoms with E-state index in [2.05, 4.69) is 10.5 Å². The molecule has 0 aliphatic heterocycles. The van der Waals surface area contributed by atoms with Gasteiger partial charge in [-0.3, -0.25) is 4.79 Å². The fraction of sp³-hybridized carbons (Fsp3) is 0.273. The Morgan fingerprint density at radius 2 is 1.94 bits per heavy atom. The van der Waals surface area contributed by atoms with Gasteiger partial charge >= 0.3 is 0 Å². The summed E-state index contributed by atoms with van der Waals surface area (Å²) in [4.78, 5) is 17.3. The van der Waals surface area contributed by atoms with E-state index in [-0.39, 0.29) is 23.6 Å². The number of nitrogens with zero attached hydrogens (tertiary/aromatic N) is 1. The monoisotopic (exact) mass is 484 g/mol. The van der Waals surface area contributed by atoms with Gasteiger partial charge in [0.15, 0.2) is 0 Å². The number of ether oxygens (including phenoxy) is 2. The molecule has 1 N–H and O–H groups in total. The molecule has 0 aromatic heterocycles. The van der Waals surface area contributed by atoms with Crippen molar-refractivity contribution in [3.63, 3.8) is 0 Å². The normalized spacial score (nSPS) is 10.9. The van der Waals surface area contributed by atoms with Crippen LogP contribution < -0.4 is 14.8 Å². The molecule has 0 atom stereocenters. The molecule has 2 aromatic carbocycles. The second-order valence-electron chi connectivity index (χ2n) is 6.32. The minimum atomic E-state index is -0.0834. The number of rotatable bonds is 11. The second-order valence-corrected chi connectivity index (χ2v) is 7.73. The zero-order valence-corrected chi connectivity index (χ0v) is 19.4. The SMILES string of the molecule is COc1c(Cl)cc(OCC=C(Cl)Cl)cc1/C(C)=N\OCCCC(=O)Nc1ccccc1.